The van der Waals surface area contributed by atoms with Gasteiger partial charge in [0.15, 0.2) is 0 Å². The zero-order chi connectivity index (χ0) is 28.6. The number of benzene rings is 3. The quantitative estimate of drug-likeness (QED) is 0.368. The maximum Gasteiger partial charge on any atom is 0.244 e. The van der Waals surface area contributed by atoms with E-state index in [2.05, 4.69) is 5.32 Å². The summed E-state index contributed by atoms with van der Waals surface area (Å²) in [6, 6.07) is 22.8. The predicted molar refractivity (Wildman–Crippen MR) is 154 cm³/mol. The van der Waals surface area contributed by atoms with Gasteiger partial charge in [-0.3, -0.25) is 13.9 Å². The van der Waals surface area contributed by atoms with E-state index in [1.807, 2.05) is 75.4 Å². The lowest BCUT2D eigenvalue weighted by atomic mass is 10.0. The molecule has 3 rings (SSSR count). The molecule has 0 aliphatic rings. The molecule has 1 atom stereocenters. The average molecular weight is 552 g/mol. The smallest absolute Gasteiger partial charge is 0.244 e. The number of carbonyl (C=O) groups is 2. The normalized spacial score (nSPS) is 12.1. The molecule has 0 bridgehead atoms. The molecule has 3 aromatic rings. The topological polar surface area (TPSA) is 96.0 Å². The molecule has 0 saturated carbocycles. The summed E-state index contributed by atoms with van der Waals surface area (Å²) in [6.45, 7) is 5.32. The zero-order valence-corrected chi connectivity index (χ0v) is 23.9. The van der Waals surface area contributed by atoms with Gasteiger partial charge in [-0.2, -0.15) is 0 Å². The van der Waals surface area contributed by atoms with Crippen molar-refractivity contribution in [3.05, 3.63) is 95.6 Å². The predicted octanol–water partition coefficient (Wildman–Crippen LogP) is 3.93. The molecule has 39 heavy (non-hydrogen) atoms. The lowest BCUT2D eigenvalue weighted by molar-refractivity contribution is -0.140. The third-order valence-corrected chi connectivity index (χ3v) is 7.34. The van der Waals surface area contributed by atoms with E-state index in [0.717, 1.165) is 27.3 Å². The van der Waals surface area contributed by atoms with E-state index in [-0.39, 0.29) is 30.6 Å². The number of aryl methyl sites for hydroxylation is 1. The van der Waals surface area contributed by atoms with Gasteiger partial charge in [0, 0.05) is 19.0 Å². The lowest BCUT2D eigenvalue weighted by Gasteiger charge is -2.34. The number of carbonyl (C=O) groups excluding carboxylic acids is 2. The standard InChI is InChI=1S/C30H37N3O5S/c1-22(2)31-30(35)27(19-24-11-7-6-8-12-24)32(20-25-17-15-23(3)16-18-25)29(34)21-33(39(5,36)37)26-13-9-10-14-28(26)38-4/h6-18,22,27H,19-21H2,1-5H3,(H,31,35)/t27-/m0/s1. The minimum atomic E-state index is -3.88. The molecule has 8 nitrogen and oxygen atoms in total. The minimum Gasteiger partial charge on any atom is -0.495 e. The van der Waals surface area contributed by atoms with Crippen molar-refractivity contribution in [3.8, 4) is 5.75 Å². The Hall–Kier alpha value is -3.85. The van der Waals surface area contributed by atoms with E-state index in [0.29, 0.717) is 5.75 Å². The van der Waals surface area contributed by atoms with Crippen molar-refractivity contribution in [2.24, 2.45) is 0 Å². The van der Waals surface area contributed by atoms with Crippen LogP contribution in [0.25, 0.3) is 0 Å². The van der Waals surface area contributed by atoms with Crippen molar-refractivity contribution in [3.63, 3.8) is 0 Å². The largest absolute Gasteiger partial charge is 0.495 e. The molecule has 9 heteroatoms. The van der Waals surface area contributed by atoms with Crippen molar-refractivity contribution in [2.75, 3.05) is 24.2 Å². The molecule has 1 N–H and O–H groups in total. The molecule has 0 unspecified atom stereocenters. The second-order valence-electron chi connectivity index (χ2n) is 9.82. The molecule has 0 aliphatic heterocycles. The zero-order valence-electron chi connectivity index (χ0n) is 23.1. The van der Waals surface area contributed by atoms with Gasteiger partial charge in [0.2, 0.25) is 21.8 Å². The van der Waals surface area contributed by atoms with Crippen LogP contribution in [0.15, 0.2) is 78.9 Å². The fraction of sp³-hybridized carbons (Fsp3) is 0.333. The Morgan fingerprint density at radius 2 is 1.51 bits per heavy atom. The molecule has 2 amide bonds. The maximum atomic E-state index is 14.1. The highest BCUT2D eigenvalue weighted by molar-refractivity contribution is 7.92. The molecule has 0 aliphatic carbocycles. The second-order valence-corrected chi connectivity index (χ2v) is 11.7. The number of hydrogen-bond donors (Lipinski definition) is 1. The van der Waals surface area contributed by atoms with Crippen molar-refractivity contribution >= 4 is 27.5 Å². The van der Waals surface area contributed by atoms with Crippen molar-refractivity contribution in [1.29, 1.82) is 0 Å². The van der Waals surface area contributed by atoms with Crippen LogP contribution in [0, 0.1) is 6.92 Å². The van der Waals surface area contributed by atoms with Crippen LogP contribution in [-0.4, -0.2) is 57.1 Å². The SMILES string of the molecule is COc1ccccc1N(CC(=O)N(Cc1ccc(C)cc1)[C@@H](Cc1ccccc1)C(=O)NC(C)C)S(C)(=O)=O. The first kappa shape index (κ1) is 29.7. The molecule has 3 aromatic carbocycles. The number of para-hydroxylation sites is 2. The highest BCUT2D eigenvalue weighted by Crippen LogP contribution is 2.30. The molecule has 0 spiro atoms. The van der Waals surface area contributed by atoms with Crippen molar-refractivity contribution < 1.29 is 22.7 Å². The van der Waals surface area contributed by atoms with Crippen LogP contribution in [0.4, 0.5) is 5.69 Å². The first-order valence-electron chi connectivity index (χ1n) is 12.8. The summed E-state index contributed by atoms with van der Waals surface area (Å²) >= 11 is 0. The van der Waals surface area contributed by atoms with Gasteiger partial charge in [0.05, 0.1) is 19.1 Å². The van der Waals surface area contributed by atoms with E-state index in [9.17, 15) is 18.0 Å². The number of nitrogens with zero attached hydrogens (tertiary/aromatic N) is 2. The first-order chi connectivity index (χ1) is 18.5. The van der Waals surface area contributed by atoms with Crippen LogP contribution in [0.1, 0.15) is 30.5 Å². The van der Waals surface area contributed by atoms with Crippen LogP contribution >= 0.6 is 0 Å². The summed E-state index contributed by atoms with van der Waals surface area (Å²) in [6.07, 6.45) is 1.31. The number of ether oxygens (including phenoxy) is 1. The number of hydrogen-bond acceptors (Lipinski definition) is 5. The summed E-state index contributed by atoms with van der Waals surface area (Å²) in [5, 5.41) is 2.94. The molecule has 0 heterocycles. The van der Waals surface area contributed by atoms with E-state index in [4.69, 9.17) is 4.74 Å². The van der Waals surface area contributed by atoms with Crippen LogP contribution in [0.3, 0.4) is 0 Å². The Balaban J connectivity index is 2.07. The first-order valence-corrected chi connectivity index (χ1v) is 14.6. The Kier molecular flexibility index (Phi) is 10.1. The molecule has 0 fully saturated rings. The second kappa shape index (κ2) is 13.3. The fourth-order valence-electron chi connectivity index (χ4n) is 4.26. The highest BCUT2D eigenvalue weighted by atomic mass is 32.2. The van der Waals surface area contributed by atoms with Crippen molar-refractivity contribution in [2.45, 2.75) is 45.8 Å². The molecular formula is C30H37N3O5S. The molecule has 0 saturated heterocycles. The van der Waals surface area contributed by atoms with Gasteiger partial charge >= 0.3 is 0 Å². The molecule has 208 valence electrons. The van der Waals surface area contributed by atoms with E-state index >= 15 is 0 Å². The van der Waals surface area contributed by atoms with Crippen LogP contribution in [0.5, 0.6) is 5.75 Å². The van der Waals surface area contributed by atoms with Crippen LogP contribution < -0.4 is 14.4 Å². The monoisotopic (exact) mass is 551 g/mol. The molecular weight excluding hydrogens is 514 g/mol. The average Bonchev–Trinajstić information content (AvgIpc) is 2.89. The minimum absolute atomic E-state index is 0.131. The van der Waals surface area contributed by atoms with Gasteiger partial charge in [0.25, 0.3) is 0 Å². The number of anilines is 1. The lowest BCUT2D eigenvalue weighted by Crippen LogP contribution is -2.54. The van der Waals surface area contributed by atoms with E-state index < -0.39 is 28.5 Å². The molecule has 0 radical (unpaired) electrons. The maximum absolute atomic E-state index is 14.1. The van der Waals surface area contributed by atoms with Crippen molar-refractivity contribution in [1.82, 2.24) is 10.2 Å². The molecule has 0 aromatic heterocycles. The number of amides is 2. The van der Waals surface area contributed by atoms with Gasteiger partial charge in [0.1, 0.15) is 18.3 Å². The number of methoxy groups -OCH3 is 1. The third-order valence-electron chi connectivity index (χ3n) is 6.21. The number of rotatable bonds is 12. The van der Waals surface area contributed by atoms with Gasteiger partial charge < -0.3 is 15.0 Å². The number of nitrogens with one attached hydrogen (secondary N) is 1. The summed E-state index contributed by atoms with van der Waals surface area (Å²) in [4.78, 5) is 29.1. The Bertz CT molecular complexity index is 1360. The number of sulfonamides is 1. The summed E-state index contributed by atoms with van der Waals surface area (Å²) in [7, 11) is -2.43. The van der Waals surface area contributed by atoms with Gasteiger partial charge in [-0.25, -0.2) is 8.42 Å². The van der Waals surface area contributed by atoms with Crippen LogP contribution in [0.2, 0.25) is 0 Å². The highest BCUT2D eigenvalue weighted by Gasteiger charge is 2.33. The van der Waals surface area contributed by atoms with E-state index in [1.54, 1.807) is 24.3 Å². The van der Waals surface area contributed by atoms with Gasteiger partial charge in [-0.1, -0.05) is 72.3 Å². The van der Waals surface area contributed by atoms with E-state index in [1.165, 1.54) is 12.0 Å². The van der Waals surface area contributed by atoms with Crippen LogP contribution in [-0.2, 0) is 32.6 Å². The Morgan fingerprint density at radius 1 is 0.897 bits per heavy atom. The summed E-state index contributed by atoms with van der Waals surface area (Å²) in [5.74, 6) is -0.497. The third kappa shape index (κ3) is 8.32. The summed E-state index contributed by atoms with van der Waals surface area (Å²) in [5.41, 5.74) is 3.02. The van der Waals surface area contributed by atoms with Gasteiger partial charge in [-0.15, -0.1) is 0 Å². The Labute approximate surface area is 231 Å². The fourth-order valence-corrected chi connectivity index (χ4v) is 5.11. The van der Waals surface area contributed by atoms with Gasteiger partial charge in [-0.05, 0) is 44.0 Å². The Morgan fingerprint density at radius 3 is 2.10 bits per heavy atom. The summed E-state index contributed by atoms with van der Waals surface area (Å²) < 4.78 is 32.2.